The number of nitrogens with zero attached hydrogens (tertiary/aromatic N) is 3. The van der Waals surface area contributed by atoms with Gasteiger partial charge < -0.3 is 11.1 Å². The molecular weight excluding hydrogens is 298 g/mol. The third-order valence-corrected chi connectivity index (χ3v) is 2.85. The average Bonchev–Trinajstić information content (AvgIpc) is 2.81. The molecule has 7 heteroatoms. The van der Waals surface area contributed by atoms with Gasteiger partial charge >= 0.3 is 0 Å². The Kier molecular flexibility index (Phi) is 3.93. The molecule has 0 atom stereocenters. The predicted molar refractivity (Wildman–Crippen MR) is 70.9 cm³/mol. The maximum atomic E-state index is 11.9. The molecule has 2 rings (SSSR count). The molecule has 0 radical (unpaired) electrons. The van der Waals surface area contributed by atoms with Crippen LogP contribution in [0.5, 0.6) is 0 Å². The van der Waals surface area contributed by atoms with Crippen LogP contribution >= 0.6 is 15.9 Å². The Hall–Kier alpha value is -1.89. The number of nitrogen functional groups attached to an aromatic ring is 1. The number of amides is 1. The van der Waals surface area contributed by atoms with Crippen molar-refractivity contribution < 1.29 is 4.79 Å². The van der Waals surface area contributed by atoms with Gasteiger partial charge in [-0.2, -0.15) is 0 Å². The minimum Gasteiger partial charge on any atom is -0.398 e. The molecule has 3 N–H and O–H groups in total. The summed E-state index contributed by atoms with van der Waals surface area (Å²) in [6, 6.07) is 5.17. The van der Waals surface area contributed by atoms with Gasteiger partial charge in [0, 0.05) is 22.9 Å². The summed E-state index contributed by atoms with van der Waals surface area (Å²) in [6.07, 6.45) is 3.33. The van der Waals surface area contributed by atoms with Crippen molar-refractivity contribution in [2.75, 3.05) is 12.3 Å². The summed E-state index contributed by atoms with van der Waals surface area (Å²) in [4.78, 5) is 11.9. The second-order valence-corrected chi connectivity index (χ2v) is 4.57. The average molecular weight is 310 g/mol. The van der Waals surface area contributed by atoms with Gasteiger partial charge in [-0.1, -0.05) is 21.1 Å². The maximum Gasteiger partial charge on any atom is 0.253 e. The molecule has 0 bridgehead atoms. The first-order chi connectivity index (χ1) is 8.66. The van der Waals surface area contributed by atoms with Gasteiger partial charge in [0.05, 0.1) is 18.3 Å². The smallest absolute Gasteiger partial charge is 0.253 e. The molecular formula is C11H12BrN5O. The van der Waals surface area contributed by atoms with E-state index in [4.69, 9.17) is 5.73 Å². The van der Waals surface area contributed by atoms with E-state index >= 15 is 0 Å². The summed E-state index contributed by atoms with van der Waals surface area (Å²) < 4.78 is 2.49. The van der Waals surface area contributed by atoms with Crippen molar-refractivity contribution >= 4 is 27.5 Å². The van der Waals surface area contributed by atoms with Crippen LogP contribution in [0.1, 0.15) is 10.4 Å². The van der Waals surface area contributed by atoms with Crippen molar-refractivity contribution in [3.8, 4) is 0 Å². The van der Waals surface area contributed by atoms with Crippen LogP contribution in [0.15, 0.2) is 35.1 Å². The van der Waals surface area contributed by atoms with Crippen LogP contribution in [0.3, 0.4) is 0 Å². The van der Waals surface area contributed by atoms with E-state index < -0.39 is 0 Å². The lowest BCUT2D eigenvalue weighted by atomic mass is 10.1. The molecule has 1 amide bonds. The van der Waals surface area contributed by atoms with E-state index in [0.29, 0.717) is 24.3 Å². The summed E-state index contributed by atoms with van der Waals surface area (Å²) in [5.74, 6) is -0.194. The Balaban J connectivity index is 1.91. The van der Waals surface area contributed by atoms with Crippen LogP contribution in [-0.4, -0.2) is 27.4 Å². The first kappa shape index (κ1) is 12.6. The molecule has 94 valence electrons. The number of aromatic nitrogens is 3. The molecule has 0 spiro atoms. The van der Waals surface area contributed by atoms with Crippen molar-refractivity contribution in [2.45, 2.75) is 6.54 Å². The number of anilines is 1. The summed E-state index contributed by atoms with van der Waals surface area (Å²) >= 11 is 3.29. The zero-order valence-corrected chi connectivity index (χ0v) is 11.1. The van der Waals surface area contributed by atoms with Gasteiger partial charge in [-0.25, -0.2) is 0 Å². The van der Waals surface area contributed by atoms with E-state index in [9.17, 15) is 4.79 Å². The van der Waals surface area contributed by atoms with Crippen LogP contribution in [0.4, 0.5) is 5.69 Å². The number of rotatable bonds is 4. The molecule has 0 saturated carbocycles. The lowest BCUT2D eigenvalue weighted by Crippen LogP contribution is -2.28. The number of benzene rings is 1. The SMILES string of the molecule is Nc1cc(Br)ccc1C(=O)NCCn1ccnn1. The first-order valence-electron chi connectivity index (χ1n) is 5.34. The molecule has 0 aliphatic carbocycles. The summed E-state index contributed by atoms with van der Waals surface area (Å²) in [5, 5.41) is 10.3. The highest BCUT2D eigenvalue weighted by Crippen LogP contribution is 2.18. The predicted octanol–water partition coefficient (Wildman–Crippen LogP) is 1.05. The van der Waals surface area contributed by atoms with Gasteiger partial charge in [0.15, 0.2) is 0 Å². The zero-order valence-electron chi connectivity index (χ0n) is 9.51. The number of carbonyl (C=O) groups excluding carboxylic acids is 1. The highest BCUT2D eigenvalue weighted by Gasteiger charge is 2.09. The van der Waals surface area contributed by atoms with E-state index in [1.54, 1.807) is 35.3 Å². The fraction of sp³-hybridized carbons (Fsp3) is 0.182. The monoisotopic (exact) mass is 309 g/mol. The Morgan fingerprint density at radius 2 is 2.33 bits per heavy atom. The molecule has 18 heavy (non-hydrogen) atoms. The number of nitrogens with two attached hydrogens (primary N) is 1. The Morgan fingerprint density at radius 1 is 1.50 bits per heavy atom. The van der Waals surface area contributed by atoms with E-state index in [0.717, 1.165) is 4.47 Å². The quantitative estimate of drug-likeness (QED) is 0.827. The topological polar surface area (TPSA) is 85.8 Å². The second kappa shape index (κ2) is 5.63. The van der Waals surface area contributed by atoms with Crippen LogP contribution in [0.2, 0.25) is 0 Å². The number of nitrogens with one attached hydrogen (secondary N) is 1. The molecule has 1 heterocycles. The van der Waals surface area contributed by atoms with Crippen LogP contribution < -0.4 is 11.1 Å². The van der Waals surface area contributed by atoms with E-state index in [1.807, 2.05) is 0 Å². The molecule has 1 aromatic heterocycles. The van der Waals surface area contributed by atoms with Crippen LogP contribution in [-0.2, 0) is 6.54 Å². The fourth-order valence-corrected chi connectivity index (χ4v) is 1.85. The van der Waals surface area contributed by atoms with Crippen molar-refractivity contribution in [1.82, 2.24) is 20.3 Å². The van der Waals surface area contributed by atoms with Gasteiger partial charge in [-0.05, 0) is 18.2 Å². The van der Waals surface area contributed by atoms with Crippen LogP contribution in [0.25, 0.3) is 0 Å². The van der Waals surface area contributed by atoms with Crippen LogP contribution in [0, 0.1) is 0 Å². The second-order valence-electron chi connectivity index (χ2n) is 3.65. The maximum absolute atomic E-state index is 11.9. The van der Waals surface area contributed by atoms with E-state index in [-0.39, 0.29) is 5.91 Å². The van der Waals surface area contributed by atoms with Crippen molar-refractivity contribution in [3.63, 3.8) is 0 Å². The Bertz CT molecular complexity index is 540. The van der Waals surface area contributed by atoms with Gasteiger partial charge in [0.25, 0.3) is 5.91 Å². The number of hydrogen-bond acceptors (Lipinski definition) is 4. The normalized spacial score (nSPS) is 10.3. The molecule has 0 aliphatic rings. The molecule has 2 aromatic rings. The lowest BCUT2D eigenvalue weighted by molar-refractivity contribution is 0.0952. The van der Waals surface area contributed by atoms with Gasteiger partial charge in [-0.3, -0.25) is 9.48 Å². The van der Waals surface area contributed by atoms with Gasteiger partial charge in [0.1, 0.15) is 0 Å². The fourth-order valence-electron chi connectivity index (χ4n) is 1.47. The lowest BCUT2D eigenvalue weighted by Gasteiger charge is -2.07. The molecule has 6 nitrogen and oxygen atoms in total. The minimum atomic E-state index is -0.194. The van der Waals surface area contributed by atoms with Crippen molar-refractivity contribution in [2.24, 2.45) is 0 Å². The third-order valence-electron chi connectivity index (χ3n) is 2.36. The summed E-state index contributed by atoms with van der Waals surface area (Å²) in [6.45, 7) is 1.04. The summed E-state index contributed by atoms with van der Waals surface area (Å²) in [5.41, 5.74) is 6.69. The molecule has 1 aromatic carbocycles. The highest BCUT2D eigenvalue weighted by molar-refractivity contribution is 9.10. The largest absolute Gasteiger partial charge is 0.398 e. The van der Waals surface area contributed by atoms with Crippen molar-refractivity contribution in [1.29, 1.82) is 0 Å². The number of carbonyl (C=O) groups is 1. The molecule has 0 saturated heterocycles. The highest BCUT2D eigenvalue weighted by atomic mass is 79.9. The molecule has 0 unspecified atom stereocenters. The van der Waals surface area contributed by atoms with Crippen molar-refractivity contribution in [3.05, 3.63) is 40.6 Å². The van der Waals surface area contributed by atoms with Gasteiger partial charge in [-0.15, -0.1) is 5.10 Å². The van der Waals surface area contributed by atoms with E-state index in [2.05, 4.69) is 31.6 Å². The third kappa shape index (κ3) is 3.07. The first-order valence-corrected chi connectivity index (χ1v) is 6.13. The van der Waals surface area contributed by atoms with Gasteiger partial charge in [0.2, 0.25) is 0 Å². The van der Waals surface area contributed by atoms with E-state index in [1.165, 1.54) is 0 Å². The summed E-state index contributed by atoms with van der Waals surface area (Å²) in [7, 11) is 0. The number of halogens is 1. The molecule has 0 aliphatic heterocycles. The number of hydrogen-bond donors (Lipinski definition) is 2. The molecule has 0 fully saturated rings. The Labute approximate surface area is 112 Å². The Morgan fingerprint density at radius 3 is 3.00 bits per heavy atom. The zero-order chi connectivity index (χ0) is 13.0. The standard InChI is InChI=1S/C11H12BrN5O/c12-8-1-2-9(10(13)7-8)11(18)14-3-5-17-6-4-15-16-17/h1-2,4,6-7H,3,5,13H2,(H,14,18). The minimum absolute atomic E-state index is 0.194.